The van der Waals surface area contributed by atoms with Gasteiger partial charge in [-0.25, -0.2) is 0 Å². The van der Waals surface area contributed by atoms with E-state index in [-0.39, 0.29) is 6.42 Å². The van der Waals surface area contributed by atoms with Gasteiger partial charge in [-0.2, -0.15) is 0 Å². The maximum atomic E-state index is 12.6. The van der Waals surface area contributed by atoms with Crippen molar-refractivity contribution in [1.29, 1.82) is 0 Å². The number of rotatable bonds is 4. The fraction of sp³-hybridized carbons (Fsp3) is 0.368. The van der Waals surface area contributed by atoms with Crippen LogP contribution in [0.15, 0.2) is 36.4 Å². The second-order valence-electron chi connectivity index (χ2n) is 6.57. The van der Waals surface area contributed by atoms with Crippen molar-refractivity contribution in [2.75, 3.05) is 7.11 Å². The molecule has 126 valence electrons. The van der Waals surface area contributed by atoms with Gasteiger partial charge in [0.15, 0.2) is 17.3 Å². The number of ether oxygens (including phenoxy) is 1. The monoisotopic (exact) mass is 328 g/mol. The Bertz CT molecular complexity index is 700. The summed E-state index contributed by atoms with van der Waals surface area (Å²) in [6, 6.07) is 9.08. The highest BCUT2D eigenvalue weighted by Crippen LogP contribution is 2.40. The maximum absolute atomic E-state index is 12.6. The van der Waals surface area contributed by atoms with E-state index in [2.05, 4.69) is 4.74 Å². The molecule has 0 heterocycles. The molecule has 5 heteroatoms. The van der Waals surface area contributed by atoms with Crippen molar-refractivity contribution in [3.8, 4) is 0 Å². The second-order valence-corrected chi connectivity index (χ2v) is 6.57. The first-order valence-corrected chi connectivity index (χ1v) is 7.69. The summed E-state index contributed by atoms with van der Waals surface area (Å²) in [5.74, 6) is -4.97. The molecule has 1 aliphatic rings. The predicted molar refractivity (Wildman–Crippen MR) is 87.9 cm³/mol. The molecule has 0 bridgehead atoms. The molecule has 0 amide bonds. The Balaban J connectivity index is 2.27. The Kier molecular flexibility index (Phi) is 5.12. The third-order valence-electron chi connectivity index (χ3n) is 4.26. The molecule has 24 heavy (non-hydrogen) atoms. The van der Waals surface area contributed by atoms with E-state index in [0.29, 0.717) is 0 Å². The normalized spacial score (nSPS) is 23.3. The number of methoxy groups -OCH3 is 1. The Hall–Kier alpha value is -2.56. The molecule has 1 fully saturated rings. The molecule has 0 radical (unpaired) electrons. The minimum Gasteiger partial charge on any atom is -0.468 e. The highest BCUT2D eigenvalue weighted by atomic mass is 16.5. The fourth-order valence-electron chi connectivity index (χ4n) is 3.05. The summed E-state index contributed by atoms with van der Waals surface area (Å²) in [6.45, 7) is 3.32. The molecule has 0 N–H and O–H groups in total. The minimum absolute atomic E-state index is 0.0198. The Morgan fingerprint density at radius 2 is 1.79 bits per heavy atom. The summed E-state index contributed by atoms with van der Waals surface area (Å²) < 4.78 is 4.69. The van der Waals surface area contributed by atoms with Gasteiger partial charge in [0.25, 0.3) is 0 Å². The van der Waals surface area contributed by atoms with Crippen LogP contribution in [-0.2, 0) is 23.9 Å². The van der Waals surface area contributed by atoms with Crippen molar-refractivity contribution in [2.24, 2.45) is 17.3 Å². The van der Waals surface area contributed by atoms with E-state index >= 15 is 0 Å². The van der Waals surface area contributed by atoms with Crippen LogP contribution in [0, 0.1) is 17.3 Å². The SMILES string of the molecule is COC(=O)C1C(=O)C(C(=O)C=Cc2ccccc2)C(=O)CC1(C)C. The lowest BCUT2D eigenvalue weighted by Crippen LogP contribution is -2.51. The molecule has 0 saturated heterocycles. The quantitative estimate of drug-likeness (QED) is 0.481. The Labute approximate surface area is 140 Å². The first-order chi connectivity index (χ1) is 11.3. The molecule has 1 aromatic carbocycles. The van der Waals surface area contributed by atoms with Gasteiger partial charge in [-0.15, -0.1) is 0 Å². The third kappa shape index (κ3) is 3.50. The molecule has 2 unspecified atom stereocenters. The van der Waals surface area contributed by atoms with E-state index < -0.39 is 40.6 Å². The van der Waals surface area contributed by atoms with Crippen LogP contribution in [0.5, 0.6) is 0 Å². The van der Waals surface area contributed by atoms with Gasteiger partial charge in [0.05, 0.1) is 7.11 Å². The van der Waals surface area contributed by atoms with E-state index in [1.165, 1.54) is 13.2 Å². The third-order valence-corrected chi connectivity index (χ3v) is 4.26. The van der Waals surface area contributed by atoms with Crippen molar-refractivity contribution >= 4 is 29.4 Å². The van der Waals surface area contributed by atoms with E-state index in [1.807, 2.05) is 18.2 Å². The molecule has 2 atom stereocenters. The van der Waals surface area contributed by atoms with Crippen LogP contribution in [0.25, 0.3) is 6.08 Å². The smallest absolute Gasteiger partial charge is 0.316 e. The van der Waals surface area contributed by atoms with E-state index in [9.17, 15) is 19.2 Å². The molecule has 5 nitrogen and oxygen atoms in total. The topological polar surface area (TPSA) is 77.5 Å². The molecular formula is C19H20O5. The molecule has 0 aliphatic heterocycles. The van der Waals surface area contributed by atoms with E-state index in [1.54, 1.807) is 32.1 Å². The summed E-state index contributed by atoms with van der Waals surface area (Å²) in [5, 5.41) is 0. The molecule has 0 aromatic heterocycles. The van der Waals surface area contributed by atoms with Crippen LogP contribution in [0.4, 0.5) is 0 Å². The van der Waals surface area contributed by atoms with Gasteiger partial charge in [-0.1, -0.05) is 50.3 Å². The van der Waals surface area contributed by atoms with Crippen molar-refractivity contribution in [3.05, 3.63) is 42.0 Å². The highest BCUT2D eigenvalue weighted by Gasteiger charge is 2.53. The summed E-state index contributed by atoms with van der Waals surface area (Å²) >= 11 is 0. The minimum atomic E-state index is -1.43. The zero-order chi connectivity index (χ0) is 17.9. The zero-order valence-corrected chi connectivity index (χ0v) is 13.9. The molecule has 1 aromatic rings. The zero-order valence-electron chi connectivity index (χ0n) is 13.9. The molecule has 2 rings (SSSR count). The first-order valence-electron chi connectivity index (χ1n) is 7.69. The van der Waals surface area contributed by atoms with Gasteiger partial charge in [0.1, 0.15) is 11.8 Å². The number of esters is 1. The van der Waals surface area contributed by atoms with E-state index in [4.69, 9.17) is 0 Å². The number of carbonyl (C=O) groups is 4. The van der Waals surface area contributed by atoms with Crippen LogP contribution in [0.1, 0.15) is 25.8 Å². The standard InChI is InChI=1S/C19H20O5/c1-19(2)11-14(21)15(17(22)16(19)18(23)24-3)13(20)10-9-12-7-5-4-6-8-12/h4-10,15-16H,11H2,1-3H3. The van der Waals surface area contributed by atoms with Crippen molar-refractivity contribution in [1.82, 2.24) is 0 Å². The molecule has 1 saturated carbocycles. The van der Waals surface area contributed by atoms with Crippen LogP contribution in [0.3, 0.4) is 0 Å². The predicted octanol–water partition coefficient (Wildman–Crippen LogP) is 2.24. The average molecular weight is 328 g/mol. The summed E-state index contributed by atoms with van der Waals surface area (Å²) in [7, 11) is 1.19. The largest absolute Gasteiger partial charge is 0.468 e. The maximum Gasteiger partial charge on any atom is 0.316 e. The highest BCUT2D eigenvalue weighted by molar-refractivity contribution is 6.27. The van der Waals surface area contributed by atoms with Crippen LogP contribution >= 0.6 is 0 Å². The van der Waals surface area contributed by atoms with Crippen molar-refractivity contribution in [3.63, 3.8) is 0 Å². The van der Waals surface area contributed by atoms with Crippen LogP contribution in [-0.4, -0.2) is 30.4 Å². The number of hydrogen-bond donors (Lipinski definition) is 0. The van der Waals surface area contributed by atoms with Gasteiger partial charge in [-0.3, -0.25) is 19.2 Å². The van der Waals surface area contributed by atoms with Gasteiger partial charge in [0.2, 0.25) is 0 Å². The number of benzene rings is 1. The number of Topliss-reactive ketones (excluding diaryl/α,β-unsaturated/α-hetero) is 2. The fourth-order valence-corrected chi connectivity index (χ4v) is 3.05. The number of ketones is 3. The van der Waals surface area contributed by atoms with Crippen LogP contribution in [0.2, 0.25) is 0 Å². The Morgan fingerprint density at radius 1 is 1.17 bits per heavy atom. The van der Waals surface area contributed by atoms with Gasteiger partial charge < -0.3 is 4.74 Å². The average Bonchev–Trinajstić information content (AvgIpc) is 2.52. The molecule has 1 aliphatic carbocycles. The van der Waals surface area contributed by atoms with E-state index in [0.717, 1.165) is 5.56 Å². The Morgan fingerprint density at radius 3 is 2.38 bits per heavy atom. The van der Waals surface area contributed by atoms with Gasteiger partial charge in [0, 0.05) is 6.42 Å². The summed E-state index contributed by atoms with van der Waals surface area (Å²) in [6.07, 6.45) is 2.76. The molecular weight excluding hydrogens is 308 g/mol. The lowest BCUT2D eigenvalue weighted by Gasteiger charge is -2.37. The number of carbonyl (C=O) groups excluding carboxylic acids is 4. The van der Waals surface area contributed by atoms with Gasteiger partial charge >= 0.3 is 5.97 Å². The number of hydrogen-bond acceptors (Lipinski definition) is 5. The van der Waals surface area contributed by atoms with Crippen molar-refractivity contribution in [2.45, 2.75) is 20.3 Å². The first kappa shape index (κ1) is 17.8. The lowest BCUT2D eigenvalue weighted by atomic mass is 9.63. The number of allylic oxidation sites excluding steroid dienone is 1. The molecule has 0 spiro atoms. The second kappa shape index (κ2) is 6.91. The van der Waals surface area contributed by atoms with Crippen molar-refractivity contribution < 1.29 is 23.9 Å². The summed E-state index contributed by atoms with van der Waals surface area (Å²) in [5.41, 5.74) is -0.0762. The van der Waals surface area contributed by atoms with Crippen LogP contribution < -0.4 is 0 Å². The van der Waals surface area contributed by atoms with Gasteiger partial charge in [-0.05, 0) is 17.1 Å². The lowest BCUT2D eigenvalue weighted by molar-refractivity contribution is -0.161. The summed E-state index contributed by atoms with van der Waals surface area (Å²) in [4.78, 5) is 49.3.